The van der Waals surface area contributed by atoms with E-state index in [4.69, 9.17) is 0 Å². The predicted octanol–water partition coefficient (Wildman–Crippen LogP) is 3.18. The Morgan fingerprint density at radius 2 is 1.80 bits per heavy atom. The van der Waals surface area contributed by atoms with Crippen LogP contribution in [-0.2, 0) is 0 Å². The van der Waals surface area contributed by atoms with Gasteiger partial charge < -0.3 is 4.98 Å². The van der Waals surface area contributed by atoms with Crippen LogP contribution in [0.2, 0.25) is 0 Å². The van der Waals surface area contributed by atoms with E-state index in [2.05, 4.69) is 9.97 Å². The van der Waals surface area contributed by atoms with Crippen LogP contribution >= 0.6 is 0 Å². The summed E-state index contributed by atoms with van der Waals surface area (Å²) in [6, 6.07) is 8.29. The Labute approximate surface area is 112 Å². The number of halogens is 2. The molecule has 0 amide bonds. The van der Waals surface area contributed by atoms with Gasteiger partial charge in [-0.05, 0) is 48.9 Å². The molecule has 3 rings (SSSR count). The molecule has 0 aliphatic heterocycles. The molecule has 2 aromatic carbocycles. The highest BCUT2D eigenvalue weighted by molar-refractivity contribution is 5.77. The number of aromatic nitrogens is 2. The summed E-state index contributed by atoms with van der Waals surface area (Å²) in [5.41, 5.74) is 1.53. The number of nitrogens with zero attached hydrogens (tertiary/aromatic N) is 1. The second-order valence-corrected chi connectivity index (χ2v) is 4.54. The van der Waals surface area contributed by atoms with E-state index in [1.54, 1.807) is 13.0 Å². The van der Waals surface area contributed by atoms with Gasteiger partial charge in [0.05, 0.1) is 11.0 Å². The first-order valence-corrected chi connectivity index (χ1v) is 6.01. The molecule has 1 heterocycles. The maximum Gasteiger partial charge on any atom is 0.274 e. The zero-order valence-electron chi connectivity index (χ0n) is 10.6. The molecule has 1 aromatic heterocycles. The molecule has 0 aliphatic rings. The fourth-order valence-electron chi connectivity index (χ4n) is 2.02. The number of rotatable bonds is 1. The standard InChI is InChI=1S/C15H10F2N2O/c1-8-6-12-13(7-11(8)17)19-15(20)14(18-12)9-2-4-10(16)5-3-9/h2-7H,1H3,(H,19,20). The zero-order valence-corrected chi connectivity index (χ0v) is 10.6. The van der Waals surface area contributed by atoms with E-state index < -0.39 is 11.4 Å². The number of aryl methyl sites for hydroxylation is 1. The summed E-state index contributed by atoms with van der Waals surface area (Å²) < 4.78 is 26.4. The Morgan fingerprint density at radius 3 is 2.50 bits per heavy atom. The molecule has 0 radical (unpaired) electrons. The molecule has 0 aliphatic carbocycles. The number of H-pyrrole nitrogens is 1. The van der Waals surface area contributed by atoms with Crippen LogP contribution < -0.4 is 5.56 Å². The number of benzene rings is 2. The molecule has 5 heteroatoms. The number of nitrogens with one attached hydrogen (secondary N) is 1. The molecular weight excluding hydrogens is 262 g/mol. The van der Waals surface area contributed by atoms with Crippen LogP contribution in [0.5, 0.6) is 0 Å². The smallest absolute Gasteiger partial charge is 0.274 e. The molecule has 0 unspecified atom stereocenters. The van der Waals surface area contributed by atoms with Gasteiger partial charge in [0.15, 0.2) is 0 Å². The van der Waals surface area contributed by atoms with Crippen molar-refractivity contribution in [3.8, 4) is 11.3 Å². The first kappa shape index (κ1) is 12.5. The van der Waals surface area contributed by atoms with Crippen LogP contribution in [0.3, 0.4) is 0 Å². The summed E-state index contributed by atoms with van der Waals surface area (Å²) in [5, 5.41) is 0. The van der Waals surface area contributed by atoms with Gasteiger partial charge in [-0.1, -0.05) is 0 Å². The van der Waals surface area contributed by atoms with Gasteiger partial charge in [0.2, 0.25) is 0 Å². The summed E-state index contributed by atoms with van der Waals surface area (Å²) in [6.45, 7) is 1.62. The largest absolute Gasteiger partial charge is 0.319 e. The van der Waals surface area contributed by atoms with Crippen molar-refractivity contribution in [2.24, 2.45) is 0 Å². The molecule has 1 N–H and O–H groups in total. The van der Waals surface area contributed by atoms with Crippen molar-refractivity contribution < 1.29 is 8.78 Å². The summed E-state index contributed by atoms with van der Waals surface area (Å²) in [5.74, 6) is -0.784. The van der Waals surface area contributed by atoms with Crippen molar-refractivity contribution in [3.05, 3.63) is 63.9 Å². The third-order valence-corrected chi connectivity index (χ3v) is 3.09. The van der Waals surface area contributed by atoms with Crippen molar-refractivity contribution in [1.82, 2.24) is 9.97 Å². The lowest BCUT2D eigenvalue weighted by molar-refractivity contribution is 0.620. The van der Waals surface area contributed by atoms with Crippen molar-refractivity contribution in [2.75, 3.05) is 0 Å². The molecule has 0 saturated carbocycles. The average Bonchev–Trinajstić information content (AvgIpc) is 2.41. The highest BCUT2D eigenvalue weighted by Crippen LogP contribution is 2.18. The first-order valence-electron chi connectivity index (χ1n) is 6.01. The number of fused-ring (bicyclic) bond motifs is 1. The normalized spacial score (nSPS) is 10.9. The predicted molar refractivity (Wildman–Crippen MR) is 72.5 cm³/mol. The highest BCUT2D eigenvalue weighted by atomic mass is 19.1. The Hall–Kier alpha value is -2.56. The van der Waals surface area contributed by atoms with Gasteiger partial charge in [0, 0.05) is 5.56 Å². The topological polar surface area (TPSA) is 45.8 Å². The van der Waals surface area contributed by atoms with E-state index in [1.165, 1.54) is 30.3 Å². The second kappa shape index (κ2) is 4.52. The van der Waals surface area contributed by atoms with Gasteiger partial charge in [0.25, 0.3) is 5.56 Å². The minimum atomic E-state index is -0.438. The van der Waals surface area contributed by atoms with Gasteiger partial charge in [-0.3, -0.25) is 4.79 Å². The highest BCUT2D eigenvalue weighted by Gasteiger charge is 2.09. The SMILES string of the molecule is Cc1cc2nc(-c3ccc(F)cc3)c(=O)[nH]c2cc1F. The maximum absolute atomic E-state index is 13.5. The Kier molecular flexibility index (Phi) is 2.82. The minimum Gasteiger partial charge on any atom is -0.319 e. The van der Waals surface area contributed by atoms with Gasteiger partial charge in [-0.25, -0.2) is 13.8 Å². The molecular formula is C15H10F2N2O. The fraction of sp³-hybridized carbons (Fsp3) is 0.0667. The molecule has 0 spiro atoms. The lowest BCUT2D eigenvalue weighted by atomic mass is 10.1. The summed E-state index contributed by atoms with van der Waals surface area (Å²) in [4.78, 5) is 18.8. The van der Waals surface area contributed by atoms with Crippen LogP contribution in [-0.4, -0.2) is 9.97 Å². The van der Waals surface area contributed by atoms with Crippen molar-refractivity contribution in [2.45, 2.75) is 6.92 Å². The monoisotopic (exact) mass is 272 g/mol. The molecule has 3 aromatic rings. The number of hydrogen-bond donors (Lipinski definition) is 1. The van der Waals surface area contributed by atoms with Crippen LogP contribution in [0.25, 0.3) is 22.3 Å². The molecule has 20 heavy (non-hydrogen) atoms. The van der Waals surface area contributed by atoms with E-state index in [0.29, 0.717) is 22.2 Å². The summed E-state index contributed by atoms with van der Waals surface area (Å²) in [6.07, 6.45) is 0. The minimum absolute atomic E-state index is 0.184. The van der Waals surface area contributed by atoms with E-state index in [0.717, 1.165) is 0 Å². The Balaban J connectivity index is 2.26. The van der Waals surface area contributed by atoms with Gasteiger partial charge in [0.1, 0.15) is 17.3 Å². The molecule has 0 bridgehead atoms. The maximum atomic E-state index is 13.5. The lowest BCUT2D eigenvalue weighted by Gasteiger charge is -2.04. The average molecular weight is 272 g/mol. The quantitative estimate of drug-likeness (QED) is 0.739. The van der Waals surface area contributed by atoms with Crippen LogP contribution in [0, 0.1) is 18.6 Å². The van der Waals surface area contributed by atoms with Gasteiger partial charge >= 0.3 is 0 Å². The van der Waals surface area contributed by atoms with Crippen molar-refractivity contribution >= 4 is 11.0 Å². The van der Waals surface area contributed by atoms with Crippen LogP contribution in [0.15, 0.2) is 41.2 Å². The van der Waals surface area contributed by atoms with E-state index in [9.17, 15) is 13.6 Å². The van der Waals surface area contributed by atoms with Crippen LogP contribution in [0.1, 0.15) is 5.56 Å². The molecule has 0 fully saturated rings. The molecule has 0 atom stereocenters. The lowest BCUT2D eigenvalue weighted by Crippen LogP contribution is -2.11. The van der Waals surface area contributed by atoms with Crippen LogP contribution in [0.4, 0.5) is 8.78 Å². The number of hydrogen-bond acceptors (Lipinski definition) is 2. The van der Waals surface area contributed by atoms with E-state index >= 15 is 0 Å². The Morgan fingerprint density at radius 1 is 1.10 bits per heavy atom. The Bertz CT molecular complexity index is 854. The van der Waals surface area contributed by atoms with Gasteiger partial charge in [-0.2, -0.15) is 0 Å². The second-order valence-electron chi connectivity index (χ2n) is 4.54. The van der Waals surface area contributed by atoms with Gasteiger partial charge in [-0.15, -0.1) is 0 Å². The third-order valence-electron chi connectivity index (χ3n) is 3.09. The first-order chi connectivity index (χ1) is 9.54. The fourth-order valence-corrected chi connectivity index (χ4v) is 2.02. The zero-order chi connectivity index (χ0) is 14.3. The third kappa shape index (κ3) is 2.07. The molecule has 0 saturated heterocycles. The molecule has 3 nitrogen and oxygen atoms in total. The van der Waals surface area contributed by atoms with Crippen molar-refractivity contribution in [1.29, 1.82) is 0 Å². The molecule has 100 valence electrons. The summed E-state index contributed by atoms with van der Waals surface area (Å²) >= 11 is 0. The van der Waals surface area contributed by atoms with E-state index in [1.807, 2.05) is 0 Å². The van der Waals surface area contributed by atoms with Crippen molar-refractivity contribution in [3.63, 3.8) is 0 Å². The van der Waals surface area contributed by atoms with E-state index in [-0.39, 0.29) is 11.5 Å². The number of aromatic amines is 1. The summed E-state index contributed by atoms with van der Waals surface area (Å²) in [7, 11) is 0.